The van der Waals surface area contributed by atoms with Gasteiger partial charge in [-0.15, -0.1) is 18.3 Å². The third-order valence-electron chi connectivity index (χ3n) is 1.63. The van der Waals surface area contributed by atoms with E-state index in [9.17, 15) is 9.18 Å². The summed E-state index contributed by atoms with van der Waals surface area (Å²) in [6, 6.07) is 6.07. The van der Waals surface area contributed by atoms with Crippen LogP contribution in [0, 0.1) is 5.82 Å². The van der Waals surface area contributed by atoms with Gasteiger partial charge in [-0.25, -0.2) is 4.39 Å². The maximum atomic E-state index is 12.6. The molecule has 0 spiro atoms. The summed E-state index contributed by atoms with van der Waals surface area (Å²) in [6.45, 7) is 3.97. The van der Waals surface area contributed by atoms with E-state index in [2.05, 4.69) is 11.9 Å². The van der Waals surface area contributed by atoms with Crippen LogP contribution in [0.3, 0.4) is 0 Å². The lowest BCUT2D eigenvalue weighted by atomic mass is 10.4. The number of amides is 1. The quantitative estimate of drug-likeness (QED) is 0.615. The first-order valence-corrected chi connectivity index (χ1v) is 5.47. The van der Waals surface area contributed by atoms with E-state index in [1.54, 1.807) is 18.2 Å². The second-order valence-electron chi connectivity index (χ2n) is 2.84. The van der Waals surface area contributed by atoms with Gasteiger partial charge in [0, 0.05) is 11.4 Å². The van der Waals surface area contributed by atoms with Gasteiger partial charge in [0.15, 0.2) is 0 Å². The van der Waals surface area contributed by atoms with Crippen LogP contribution in [0.15, 0.2) is 41.8 Å². The summed E-state index contributed by atoms with van der Waals surface area (Å²) < 4.78 is 12.6. The molecule has 0 heterocycles. The van der Waals surface area contributed by atoms with Gasteiger partial charge >= 0.3 is 0 Å². The lowest BCUT2D eigenvalue weighted by molar-refractivity contribution is -0.118. The first kappa shape index (κ1) is 11.8. The Bertz CT molecular complexity index is 337. The van der Waals surface area contributed by atoms with Crippen LogP contribution in [0.4, 0.5) is 4.39 Å². The Morgan fingerprint density at radius 2 is 2.13 bits per heavy atom. The summed E-state index contributed by atoms with van der Waals surface area (Å²) >= 11 is 1.37. The molecule has 1 aromatic rings. The molecule has 0 saturated carbocycles. The minimum absolute atomic E-state index is 0.0516. The summed E-state index contributed by atoms with van der Waals surface area (Å²) in [5.74, 6) is 0.0131. The lowest BCUT2D eigenvalue weighted by Gasteiger charge is -2.02. The Hall–Kier alpha value is -1.29. The number of thioether (sulfide) groups is 1. The smallest absolute Gasteiger partial charge is 0.230 e. The fourth-order valence-corrected chi connectivity index (χ4v) is 1.65. The van der Waals surface area contributed by atoms with Gasteiger partial charge in [0.1, 0.15) is 5.82 Å². The highest BCUT2D eigenvalue weighted by atomic mass is 32.2. The molecular formula is C11H12FNOS. The Labute approximate surface area is 92.6 Å². The first-order chi connectivity index (χ1) is 7.22. The Morgan fingerprint density at radius 1 is 1.47 bits per heavy atom. The predicted octanol–water partition coefficient (Wildman–Crippen LogP) is 2.22. The molecule has 4 heteroatoms. The van der Waals surface area contributed by atoms with E-state index in [-0.39, 0.29) is 11.7 Å². The fraction of sp³-hybridized carbons (Fsp3) is 0.182. The van der Waals surface area contributed by atoms with Gasteiger partial charge in [-0.2, -0.15) is 0 Å². The fourth-order valence-electron chi connectivity index (χ4n) is 0.917. The van der Waals surface area contributed by atoms with Crippen molar-refractivity contribution in [2.45, 2.75) is 4.90 Å². The molecule has 15 heavy (non-hydrogen) atoms. The zero-order chi connectivity index (χ0) is 11.1. The molecule has 0 aliphatic heterocycles. The number of hydrogen-bond donors (Lipinski definition) is 1. The largest absolute Gasteiger partial charge is 0.352 e. The van der Waals surface area contributed by atoms with Gasteiger partial charge in [-0.05, 0) is 24.3 Å². The molecule has 1 amide bonds. The van der Waals surface area contributed by atoms with Crippen LogP contribution in [-0.2, 0) is 4.79 Å². The number of rotatable bonds is 5. The molecule has 1 aromatic carbocycles. The topological polar surface area (TPSA) is 29.1 Å². The molecule has 0 atom stereocenters. The van der Waals surface area contributed by atoms with Crippen LogP contribution in [0.1, 0.15) is 0 Å². The van der Waals surface area contributed by atoms with E-state index in [4.69, 9.17) is 0 Å². The Morgan fingerprint density at radius 3 is 2.73 bits per heavy atom. The van der Waals surface area contributed by atoms with E-state index in [1.165, 1.54) is 23.9 Å². The van der Waals surface area contributed by atoms with Crippen molar-refractivity contribution in [1.29, 1.82) is 0 Å². The molecule has 0 saturated heterocycles. The van der Waals surface area contributed by atoms with Gasteiger partial charge in [0.25, 0.3) is 0 Å². The molecule has 0 fully saturated rings. The lowest BCUT2D eigenvalue weighted by Crippen LogP contribution is -2.24. The Kier molecular flexibility index (Phi) is 4.90. The van der Waals surface area contributed by atoms with Gasteiger partial charge in [-0.3, -0.25) is 4.79 Å². The molecule has 0 bridgehead atoms. The monoisotopic (exact) mass is 225 g/mol. The van der Waals surface area contributed by atoms with Crippen molar-refractivity contribution in [3.8, 4) is 0 Å². The molecule has 1 N–H and O–H groups in total. The molecule has 0 radical (unpaired) electrons. The Balaban J connectivity index is 2.33. The van der Waals surface area contributed by atoms with Crippen molar-refractivity contribution in [3.05, 3.63) is 42.7 Å². The van der Waals surface area contributed by atoms with Gasteiger partial charge in [-0.1, -0.05) is 6.08 Å². The van der Waals surface area contributed by atoms with Crippen LogP contribution >= 0.6 is 11.8 Å². The summed E-state index contributed by atoms with van der Waals surface area (Å²) in [5.41, 5.74) is 0. The summed E-state index contributed by atoms with van der Waals surface area (Å²) in [6.07, 6.45) is 1.63. The number of carbonyl (C=O) groups is 1. The molecule has 80 valence electrons. The minimum Gasteiger partial charge on any atom is -0.352 e. The van der Waals surface area contributed by atoms with Crippen LogP contribution in [0.5, 0.6) is 0 Å². The highest BCUT2D eigenvalue weighted by Gasteiger charge is 2.01. The number of benzene rings is 1. The molecule has 0 aromatic heterocycles. The standard InChI is InChI=1S/C11H12FNOS/c1-2-7-13-11(14)8-15-10-5-3-9(12)4-6-10/h2-6H,1,7-8H2,(H,13,14). The number of halogens is 1. The average Bonchev–Trinajstić information content (AvgIpc) is 2.25. The highest BCUT2D eigenvalue weighted by Crippen LogP contribution is 2.17. The van der Waals surface area contributed by atoms with Crippen molar-refractivity contribution in [2.75, 3.05) is 12.3 Å². The van der Waals surface area contributed by atoms with E-state index in [1.807, 2.05) is 0 Å². The van der Waals surface area contributed by atoms with E-state index >= 15 is 0 Å². The molecule has 0 unspecified atom stereocenters. The zero-order valence-electron chi connectivity index (χ0n) is 8.20. The van der Waals surface area contributed by atoms with Crippen LogP contribution in [0.2, 0.25) is 0 Å². The number of carbonyl (C=O) groups excluding carboxylic acids is 1. The second kappa shape index (κ2) is 6.24. The molecule has 0 aliphatic carbocycles. The van der Waals surface area contributed by atoms with Crippen LogP contribution < -0.4 is 5.32 Å². The van der Waals surface area contributed by atoms with Gasteiger partial charge in [0.2, 0.25) is 5.91 Å². The van der Waals surface area contributed by atoms with E-state index < -0.39 is 0 Å². The van der Waals surface area contributed by atoms with E-state index in [0.717, 1.165) is 4.90 Å². The van der Waals surface area contributed by atoms with E-state index in [0.29, 0.717) is 12.3 Å². The molecule has 1 rings (SSSR count). The molecular weight excluding hydrogens is 213 g/mol. The summed E-state index contributed by atoms with van der Waals surface area (Å²) in [4.78, 5) is 12.1. The van der Waals surface area contributed by atoms with Gasteiger partial charge < -0.3 is 5.32 Å². The van der Waals surface area contributed by atoms with Crippen LogP contribution in [-0.4, -0.2) is 18.2 Å². The van der Waals surface area contributed by atoms with Crippen molar-refractivity contribution < 1.29 is 9.18 Å². The maximum Gasteiger partial charge on any atom is 0.230 e. The summed E-state index contributed by atoms with van der Waals surface area (Å²) in [7, 11) is 0. The third-order valence-corrected chi connectivity index (χ3v) is 2.64. The van der Waals surface area contributed by atoms with Crippen molar-refractivity contribution in [2.24, 2.45) is 0 Å². The zero-order valence-corrected chi connectivity index (χ0v) is 9.02. The first-order valence-electron chi connectivity index (χ1n) is 4.48. The maximum absolute atomic E-state index is 12.6. The van der Waals surface area contributed by atoms with Crippen molar-refractivity contribution >= 4 is 17.7 Å². The van der Waals surface area contributed by atoms with Gasteiger partial charge in [0.05, 0.1) is 5.75 Å². The normalized spacial score (nSPS) is 9.67. The number of nitrogens with one attached hydrogen (secondary N) is 1. The van der Waals surface area contributed by atoms with Crippen molar-refractivity contribution in [3.63, 3.8) is 0 Å². The number of hydrogen-bond acceptors (Lipinski definition) is 2. The van der Waals surface area contributed by atoms with Crippen molar-refractivity contribution in [1.82, 2.24) is 5.32 Å². The minimum atomic E-state index is -0.268. The molecule has 2 nitrogen and oxygen atoms in total. The predicted molar refractivity (Wildman–Crippen MR) is 60.3 cm³/mol. The summed E-state index contributed by atoms with van der Waals surface area (Å²) in [5, 5.41) is 2.66. The molecule has 0 aliphatic rings. The highest BCUT2D eigenvalue weighted by molar-refractivity contribution is 8.00. The van der Waals surface area contributed by atoms with Crippen LogP contribution in [0.25, 0.3) is 0 Å². The second-order valence-corrected chi connectivity index (χ2v) is 3.88. The third kappa shape index (κ3) is 4.65. The SMILES string of the molecule is C=CCNC(=O)CSc1ccc(F)cc1. The average molecular weight is 225 g/mol.